The van der Waals surface area contributed by atoms with E-state index >= 15 is 0 Å². The van der Waals surface area contributed by atoms with Gasteiger partial charge in [-0.25, -0.2) is 0 Å². The van der Waals surface area contributed by atoms with Crippen molar-refractivity contribution in [1.82, 2.24) is 0 Å². The first-order chi connectivity index (χ1) is 9.95. The molecule has 0 amide bonds. The molecule has 1 saturated heterocycles. The Hall–Kier alpha value is -2.62. The van der Waals surface area contributed by atoms with Crippen molar-refractivity contribution in [2.24, 2.45) is 5.41 Å². The number of aliphatic carboxylic acids is 1. The van der Waals surface area contributed by atoms with Gasteiger partial charge in [-0.05, 0) is 25.0 Å². The van der Waals surface area contributed by atoms with Gasteiger partial charge in [0.25, 0.3) is 0 Å². The summed E-state index contributed by atoms with van der Waals surface area (Å²) in [6.07, 6.45) is 0.900. The van der Waals surface area contributed by atoms with Gasteiger partial charge in [-0.1, -0.05) is 13.0 Å². The second-order valence-corrected chi connectivity index (χ2v) is 5.15. The molecule has 1 aromatic rings. The Balaban J connectivity index is 2.44. The SMILES string of the molecule is CCC1(C(=O)O)CCN(c2cccc(C#N)c2[N+](=O)[O-])C1. The number of nitrogens with zero attached hydrogens (tertiary/aromatic N) is 3. The summed E-state index contributed by atoms with van der Waals surface area (Å²) in [5, 5.41) is 29.6. The summed E-state index contributed by atoms with van der Waals surface area (Å²) in [5.41, 5.74) is -0.828. The van der Waals surface area contributed by atoms with Crippen molar-refractivity contribution in [3.8, 4) is 6.07 Å². The fraction of sp³-hybridized carbons (Fsp3) is 0.429. The molecule has 1 unspecified atom stereocenters. The van der Waals surface area contributed by atoms with Crippen LogP contribution in [0.4, 0.5) is 11.4 Å². The molecule has 1 aliphatic heterocycles. The molecular formula is C14H15N3O4. The number of carboxylic acid groups (broad SMARTS) is 1. The van der Waals surface area contributed by atoms with Gasteiger partial charge in [0.2, 0.25) is 0 Å². The third-order valence-corrected chi connectivity index (χ3v) is 4.14. The van der Waals surface area contributed by atoms with E-state index in [0.717, 1.165) is 0 Å². The number of anilines is 1. The third-order valence-electron chi connectivity index (χ3n) is 4.14. The minimum absolute atomic E-state index is 0.0122. The average molecular weight is 289 g/mol. The summed E-state index contributed by atoms with van der Waals surface area (Å²) in [4.78, 5) is 23.8. The molecule has 0 radical (unpaired) electrons. The van der Waals surface area contributed by atoms with Crippen LogP contribution >= 0.6 is 0 Å². The van der Waals surface area contributed by atoms with E-state index in [9.17, 15) is 20.0 Å². The van der Waals surface area contributed by atoms with Gasteiger partial charge in [0.05, 0.1) is 10.3 Å². The van der Waals surface area contributed by atoms with Gasteiger partial charge < -0.3 is 10.0 Å². The maximum Gasteiger partial charge on any atom is 0.311 e. The Morgan fingerprint density at radius 1 is 1.62 bits per heavy atom. The van der Waals surface area contributed by atoms with E-state index in [1.54, 1.807) is 24.0 Å². The monoisotopic (exact) mass is 289 g/mol. The number of benzene rings is 1. The Morgan fingerprint density at radius 2 is 2.33 bits per heavy atom. The minimum atomic E-state index is -0.883. The van der Waals surface area contributed by atoms with Crippen LogP contribution in [0.25, 0.3) is 0 Å². The van der Waals surface area contributed by atoms with Gasteiger partial charge in [-0.15, -0.1) is 0 Å². The summed E-state index contributed by atoms with van der Waals surface area (Å²) in [6.45, 7) is 2.45. The summed E-state index contributed by atoms with van der Waals surface area (Å²) in [6, 6.07) is 6.34. The predicted octanol–water partition coefficient (Wildman–Crippen LogP) is 2.16. The van der Waals surface area contributed by atoms with Crippen molar-refractivity contribution < 1.29 is 14.8 Å². The first-order valence-corrected chi connectivity index (χ1v) is 6.61. The van der Waals surface area contributed by atoms with Gasteiger partial charge in [-0.3, -0.25) is 14.9 Å². The summed E-state index contributed by atoms with van der Waals surface area (Å²) in [5.74, 6) is -0.883. The van der Waals surface area contributed by atoms with Crippen LogP contribution in [-0.2, 0) is 4.79 Å². The van der Waals surface area contributed by atoms with Crippen molar-refractivity contribution in [2.75, 3.05) is 18.0 Å². The number of para-hydroxylation sites is 1. The number of rotatable bonds is 4. The number of carbonyl (C=O) groups is 1. The van der Waals surface area contributed by atoms with Crippen molar-refractivity contribution in [3.63, 3.8) is 0 Å². The molecular weight excluding hydrogens is 274 g/mol. The van der Waals surface area contributed by atoms with Crippen molar-refractivity contribution in [3.05, 3.63) is 33.9 Å². The van der Waals surface area contributed by atoms with Crippen molar-refractivity contribution in [2.45, 2.75) is 19.8 Å². The lowest BCUT2D eigenvalue weighted by Gasteiger charge is -2.24. The van der Waals surface area contributed by atoms with Gasteiger partial charge in [0.15, 0.2) is 0 Å². The van der Waals surface area contributed by atoms with Crippen LogP contribution in [0, 0.1) is 26.9 Å². The molecule has 0 saturated carbocycles. The topological polar surface area (TPSA) is 107 Å². The molecule has 1 N–H and O–H groups in total. The van der Waals surface area contributed by atoms with Crippen LogP contribution in [0.15, 0.2) is 18.2 Å². The second-order valence-electron chi connectivity index (χ2n) is 5.15. The number of nitriles is 1. The summed E-state index contributed by atoms with van der Waals surface area (Å²) in [7, 11) is 0. The van der Waals surface area contributed by atoms with E-state index in [2.05, 4.69) is 0 Å². The zero-order valence-corrected chi connectivity index (χ0v) is 11.6. The number of nitro benzene ring substituents is 1. The Labute approximate surface area is 121 Å². The Morgan fingerprint density at radius 3 is 2.81 bits per heavy atom. The molecule has 7 heteroatoms. The number of hydrogen-bond acceptors (Lipinski definition) is 5. The molecule has 2 rings (SSSR count). The molecule has 7 nitrogen and oxygen atoms in total. The number of hydrogen-bond donors (Lipinski definition) is 1. The predicted molar refractivity (Wildman–Crippen MR) is 75.0 cm³/mol. The van der Waals surface area contributed by atoms with E-state index in [-0.39, 0.29) is 17.8 Å². The maximum absolute atomic E-state index is 11.5. The van der Waals surface area contributed by atoms with Crippen LogP contribution in [0.1, 0.15) is 25.3 Å². The fourth-order valence-corrected chi connectivity index (χ4v) is 2.76. The lowest BCUT2D eigenvalue weighted by atomic mass is 9.84. The smallest absolute Gasteiger partial charge is 0.311 e. The van der Waals surface area contributed by atoms with E-state index < -0.39 is 16.3 Å². The number of carboxylic acids is 1. The minimum Gasteiger partial charge on any atom is -0.481 e. The molecule has 1 aromatic carbocycles. The molecule has 0 spiro atoms. The molecule has 1 fully saturated rings. The highest BCUT2D eigenvalue weighted by Gasteiger charge is 2.44. The molecule has 1 heterocycles. The fourth-order valence-electron chi connectivity index (χ4n) is 2.76. The van der Waals surface area contributed by atoms with Gasteiger partial charge >= 0.3 is 11.7 Å². The van der Waals surface area contributed by atoms with Crippen LogP contribution < -0.4 is 4.90 Å². The molecule has 110 valence electrons. The average Bonchev–Trinajstić information content (AvgIpc) is 2.92. The highest BCUT2D eigenvalue weighted by Crippen LogP contribution is 2.40. The molecule has 1 atom stereocenters. The van der Waals surface area contributed by atoms with E-state index in [1.807, 2.05) is 6.07 Å². The Bertz CT molecular complexity index is 638. The van der Waals surface area contributed by atoms with Gasteiger partial charge in [-0.2, -0.15) is 5.26 Å². The first kappa shape index (κ1) is 14.8. The van der Waals surface area contributed by atoms with Crippen LogP contribution in [0.3, 0.4) is 0 Å². The largest absolute Gasteiger partial charge is 0.481 e. The normalized spacial score (nSPS) is 21.0. The molecule has 0 aliphatic carbocycles. The van der Waals surface area contributed by atoms with E-state index in [4.69, 9.17) is 5.26 Å². The molecule has 1 aliphatic rings. The second kappa shape index (κ2) is 5.40. The summed E-state index contributed by atoms with van der Waals surface area (Å²) >= 11 is 0. The maximum atomic E-state index is 11.5. The first-order valence-electron chi connectivity index (χ1n) is 6.61. The van der Waals surface area contributed by atoms with E-state index in [1.165, 1.54) is 6.07 Å². The highest BCUT2D eigenvalue weighted by atomic mass is 16.6. The number of nitro groups is 1. The quantitative estimate of drug-likeness (QED) is 0.672. The summed E-state index contributed by atoms with van der Waals surface area (Å²) < 4.78 is 0. The van der Waals surface area contributed by atoms with Gasteiger partial charge in [0.1, 0.15) is 17.3 Å². The molecule has 0 aromatic heterocycles. The zero-order chi connectivity index (χ0) is 15.6. The standard InChI is InChI=1S/C14H15N3O4/c1-2-14(13(18)19)6-7-16(9-14)11-5-3-4-10(8-15)12(11)17(20)21/h3-5H,2,6-7,9H2,1H3,(H,18,19). The lowest BCUT2D eigenvalue weighted by molar-refractivity contribution is -0.384. The van der Waals surface area contributed by atoms with Crippen molar-refractivity contribution in [1.29, 1.82) is 5.26 Å². The molecule has 0 bridgehead atoms. The van der Waals surface area contributed by atoms with Crippen LogP contribution in [-0.4, -0.2) is 29.1 Å². The molecule has 21 heavy (non-hydrogen) atoms. The third kappa shape index (κ3) is 2.40. The lowest BCUT2D eigenvalue weighted by Crippen LogP contribution is -2.34. The van der Waals surface area contributed by atoms with E-state index in [0.29, 0.717) is 25.1 Å². The van der Waals surface area contributed by atoms with Crippen LogP contribution in [0.5, 0.6) is 0 Å². The van der Waals surface area contributed by atoms with Crippen LogP contribution in [0.2, 0.25) is 0 Å². The van der Waals surface area contributed by atoms with Gasteiger partial charge in [0, 0.05) is 13.1 Å². The van der Waals surface area contributed by atoms with Crippen molar-refractivity contribution >= 4 is 17.3 Å². The Kier molecular flexibility index (Phi) is 3.80. The zero-order valence-electron chi connectivity index (χ0n) is 11.6. The highest BCUT2D eigenvalue weighted by molar-refractivity contribution is 5.78.